The monoisotopic (exact) mass is 270 g/mol. The van der Waals surface area contributed by atoms with E-state index in [2.05, 4.69) is 9.97 Å². The summed E-state index contributed by atoms with van der Waals surface area (Å²) in [5.74, 6) is 1.26. The smallest absolute Gasteiger partial charge is 0.146 e. The molecular weight excluding hydrogens is 255 g/mol. The Morgan fingerprint density at radius 2 is 2.05 bits per heavy atom. The van der Waals surface area contributed by atoms with Crippen LogP contribution in [-0.4, -0.2) is 9.97 Å². The van der Waals surface area contributed by atoms with Gasteiger partial charge in [0.05, 0.1) is 11.0 Å². The van der Waals surface area contributed by atoms with Crippen LogP contribution < -0.4 is 4.74 Å². The van der Waals surface area contributed by atoms with E-state index in [1.165, 1.54) is 17.7 Å². The van der Waals surface area contributed by atoms with Crippen molar-refractivity contribution in [2.45, 2.75) is 20.5 Å². The highest BCUT2D eigenvalue weighted by molar-refractivity contribution is 5.74. The van der Waals surface area contributed by atoms with E-state index in [4.69, 9.17) is 4.74 Å². The predicted octanol–water partition coefficient (Wildman–Crippen LogP) is 3.90. The lowest BCUT2D eigenvalue weighted by atomic mass is 10.1. The highest BCUT2D eigenvalue weighted by Crippen LogP contribution is 2.22. The van der Waals surface area contributed by atoms with Crippen molar-refractivity contribution in [3.8, 4) is 5.75 Å². The van der Waals surface area contributed by atoms with Crippen molar-refractivity contribution in [1.29, 1.82) is 0 Å². The van der Waals surface area contributed by atoms with Crippen LogP contribution in [0.5, 0.6) is 5.75 Å². The summed E-state index contributed by atoms with van der Waals surface area (Å²) in [6.45, 7) is 4.41. The van der Waals surface area contributed by atoms with Crippen LogP contribution >= 0.6 is 0 Å². The number of benzene rings is 2. The topological polar surface area (TPSA) is 37.9 Å². The molecule has 0 unspecified atom stereocenters. The third kappa shape index (κ3) is 2.37. The van der Waals surface area contributed by atoms with Crippen LogP contribution in [0, 0.1) is 19.7 Å². The first-order valence-electron chi connectivity index (χ1n) is 6.46. The molecule has 1 aromatic heterocycles. The molecule has 0 spiro atoms. The van der Waals surface area contributed by atoms with Gasteiger partial charge in [0.2, 0.25) is 0 Å². The van der Waals surface area contributed by atoms with Crippen LogP contribution in [0.1, 0.15) is 17.0 Å². The average molecular weight is 270 g/mol. The lowest BCUT2D eigenvalue weighted by Crippen LogP contribution is -1.99. The van der Waals surface area contributed by atoms with Crippen molar-refractivity contribution in [1.82, 2.24) is 9.97 Å². The van der Waals surface area contributed by atoms with Gasteiger partial charge in [-0.2, -0.15) is 0 Å². The molecule has 0 bridgehead atoms. The molecule has 3 nitrogen and oxygen atoms in total. The van der Waals surface area contributed by atoms with Crippen molar-refractivity contribution >= 4 is 11.0 Å². The summed E-state index contributed by atoms with van der Waals surface area (Å²) in [6.07, 6.45) is 0. The van der Waals surface area contributed by atoms with Gasteiger partial charge >= 0.3 is 0 Å². The fourth-order valence-corrected chi connectivity index (χ4v) is 2.13. The van der Waals surface area contributed by atoms with Crippen molar-refractivity contribution in [3.05, 3.63) is 59.2 Å². The number of ether oxygens (including phenoxy) is 1. The van der Waals surface area contributed by atoms with Crippen LogP contribution in [0.25, 0.3) is 11.0 Å². The minimum atomic E-state index is -0.275. The fraction of sp³-hybridized carbons (Fsp3) is 0.188. The molecule has 0 aliphatic carbocycles. The summed E-state index contributed by atoms with van der Waals surface area (Å²) in [4.78, 5) is 7.44. The Kier molecular flexibility index (Phi) is 3.14. The molecule has 0 atom stereocenters. The maximum absolute atomic E-state index is 13.1. The largest absolute Gasteiger partial charge is 0.485 e. The Morgan fingerprint density at radius 3 is 2.90 bits per heavy atom. The Bertz CT molecular complexity index is 764. The van der Waals surface area contributed by atoms with Crippen molar-refractivity contribution < 1.29 is 9.13 Å². The van der Waals surface area contributed by atoms with Gasteiger partial charge in [-0.1, -0.05) is 12.1 Å². The second-order valence-electron chi connectivity index (χ2n) is 4.83. The van der Waals surface area contributed by atoms with Gasteiger partial charge in [0, 0.05) is 0 Å². The van der Waals surface area contributed by atoms with Gasteiger partial charge in [-0.3, -0.25) is 0 Å². The number of imidazole rings is 1. The summed E-state index contributed by atoms with van der Waals surface area (Å²) in [5.41, 5.74) is 3.74. The Labute approximate surface area is 116 Å². The summed E-state index contributed by atoms with van der Waals surface area (Å²) in [5, 5.41) is 0. The number of hydrogen-bond acceptors (Lipinski definition) is 2. The molecule has 3 aromatic rings. The molecule has 3 rings (SSSR count). The van der Waals surface area contributed by atoms with E-state index in [9.17, 15) is 4.39 Å². The molecule has 0 aliphatic heterocycles. The molecule has 0 saturated heterocycles. The molecule has 0 fully saturated rings. The van der Waals surface area contributed by atoms with Crippen molar-refractivity contribution in [3.63, 3.8) is 0 Å². The van der Waals surface area contributed by atoms with E-state index in [0.717, 1.165) is 16.8 Å². The van der Waals surface area contributed by atoms with Gasteiger partial charge in [0.1, 0.15) is 24.0 Å². The summed E-state index contributed by atoms with van der Waals surface area (Å²) in [7, 11) is 0. The second-order valence-corrected chi connectivity index (χ2v) is 4.83. The highest BCUT2D eigenvalue weighted by Gasteiger charge is 2.06. The average Bonchev–Trinajstić information content (AvgIpc) is 2.82. The number of nitrogens with zero attached hydrogens (tertiary/aromatic N) is 1. The number of aryl methyl sites for hydroxylation is 1. The zero-order valence-corrected chi connectivity index (χ0v) is 11.4. The minimum absolute atomic E-state index is 0.275. The zero-order valence-electron chi connectivity index (χ0n) is 11.4. The number of rotatable bonds is 3. The molecule has 1 N–H and O–H groups in total. The third-order valence-electron chi connectivity index (χ3n) is 3.41. The lowest BCUT2D eigenvalue weighted by molar-refractivity contribution is 0.295. The molecule has 0 aliphatic rings. The lowest BCUT2D eigenvalue weighted by Gasteiger charge is -2.09. The molecular formula is C16H15FN2O. The van der Waals surface area contributed by atoms with E-state index in [-0.39, 0.29) is 5.82 Å². The van der Waals surface area contributed by atoms with Gasteiger partial charge in [-0.05, 0) is 49.2 Å². The quantitative estimate of drug-likeness (QED) is 0.783. The molecule has 0 radical (unpaired) electrons. The van der Waals surface area contributed by atoms with E-state index in [1.54, 1.807) is 6.07 Å². The van der Waals surface area contributed by atoms with E-state index in [1.807, 2.05) is 32.0 Å². The normalized spacial score (nSPS) is 10.9. The number of H-pyrrole nitrogens is 1. The number of aromatic amines is 1. The van der Waals surface area contributed by atoms with Crippen LogP contribution in [-0.2, 0) is 6.61 Å². The van der Waals surface area contributed by atoms with E-state index < -0.39 is 0 Å². The highest BCUT2D eigenvalue weighted by atomic mass is 19.1. The molecule has 1 heterocycles. The standard InChI is InChI=1S/C16H15FN2O/c1-10-4-3-5-15(11(10)2)20-9-16-18-13-7-6-12(17)8-14(13)19-16/h3-8H,9H2,1-2H3,(H,18,19). The number of nitrogens with one attached hydrogen (secondary N) is 1. The first-order valence-corrected chi connectivity index (χ1v) is 6.46. The third-order valence-corrected chi connectivity index (χ3v) is 3.41. The molecule has 20 heavy (non-hydrogen) atoms. The number of aromatic nitrogens is 2. The van der Waals surface area contributed by atoms with Crippen molar-refractivity contribution in [2.75, 3.05) is 0 Å². The summed E-state index contributed by atoms with van der Waals surface area (Å²) >= 11 is 0. The summed E-state index contributed by atoms with van der Waals surface area (Å²) in [6, 6.07) is 10.4. The molecule has 2 aromatic carbocycles. The molecule has 0 amide bonds. The zero-order chi connectivity index (χ0) is 14.1. The Morgan fingerprint density at radius 1 is 1.20 bits per heavy atom. The summed E-state index contributed by atoms with van der Waals surface area (Å²) < 4.78 is 18.9. The van der Waals surface area contributed by atoms with Crippen molar-refractivity contribution in [2.24, 2.45) is 0 Å². The maximum atomic E-state index is 13.1. The molecule has 102 valence electrons. The van der Waals surface area contributed by atoms with Crippen LogP contribution in [0.2, 0.25) is 0 Å². The van der Waals surface area contributed by atoms with E-state index >= 15 is 0 Å². The Balaban J connectivity index is 1.81. The predicted molar refractivity (Wildman–Crippen MR) is 76.3 cm³/mol. The van der Waals surface area contributed by atoms with Gasteiger partial charge in [0.25, 0.3) is 0 Å². The van der Waals surface area contributed by atoms with Crippen LogP contribution in [0.4, 0.5) is 4.39 Å². The number of hydrogen-bond donors (Lipinski definition) is 1. The van der Waals surface area contributed by atoms with Crippen LogP contribution in [0.3, 0.4) is 0 Å². The fourth-order valence-electron chi connectivity index (χ4n) is 2.13. The Hall–Kier alpha value is -2.36. The minimum Gasteiger partial charge on any atom is -0.485 e. The first-order chi connectivity index (χ1) is 9.63. The van der Waals surface area contributed by atoms with E-state index in [0.29, 0.717) is 17.9 Å². The number of halogens is 1. The maximum Gasteiger partial charge on any atom is 0.146 e. The second kappa shape index (κ2) is 4.96. The number of fused-ring (bicyclic) bond motifs is 1. The van der Waals surface area contributed by atoms with Gasteiger partial charge < -0.3 is 9.72 Å². The van der Waals surface area contributed by atoms with Crippen LogP contribution in [0.15, 0.2) is 36.4 Å². The van der Waals surface area contributed by atoms with Gasteiger partial charge in [-0.25, -0.2) is 9.37 Å². The SMILES string of the molecule is Cc1cccc(OCc2nc3ccc(F)cc3[nH]2)c1C. The van der Waals surface area contributed by atoms with Gasteiger partial charge in [0.15, 0.2) is 0 Å². The molecule has 0 saturated carbocycles. The molecule has 4 heteroatoms. The first kappa shape index (κ1) is 12.7. The van der Waals surface area contributed by atoms with Gasteiger partial charge in [-0.15, -0.1) is 0 Å².